The number of nitrogens with zero attached hydrogens (tertiary/aromatic N) is 4. The monoisotopic (exact) mass is 250 g/mol. The Labute approximate surface area is 102 Å². The average molecular weight is 250 g/mol. The van der Waals surface area contributed by atoms with Crippen molar-refractivity contribution < 1.29 is 10.2 Å². The van der Waals surface area contributed by atoms with Crippen LogP contribution in [-0.2, 0) is 0 Å². The minimum atomic E-state index is -0.607. The van der Waals surface area contributed by atoms with Gasteiger partial charge in [-0.15, -0.1) is 0 Å². The van der Waals surface area contributed by atoms with Crippen LogP contribution in [0.4, 0.5) is 11.8 Å². The zero-order valence-electron chi connectivity index (χ0n) is 9.56. The van der Waals surface area contributed by atoms with Gasteiger partial charge in [0.15, 0.2) is 11.5 Å². The molecule has 0 saturated heterocycles. The summed E-state index contributed by atoms with van der Waals surface area (Å²) >= 11 is 0. The SMILES string of the molecule is Nc1nc(N)c2ncn(C3CC(CO)C3O)c2n1. The van der Waals surface area contributed by atoms with Crippen LogP contribution in [0.25, 0.3) is 11.2 Å². The molecule has 0 amide bonds. The number of hydrogen-bond acceptors (Lipinski definition) is 7. The lowest BCUT2D eigenvalue weighted by molar-refractivity contribution is -0.0550. The zero-order valence-corrected chi connectivity index (χ0v) is 9.56. The van der Waals surface area contributed by atoms with Crippen molar-refractivity contribution in [2.24, 2.45) is 5.92 Å². The molecule has 8 heteroatoms. The highest BCUT2D eigenvalue weighted by molar-refractivity contribution is 5.82. The normalized spacial score (nSPS) is 27.3. The van der Waals surface area contributed by atoms with E-state index < -0.39 is 6.10 Å². The van der Waals surface area contributed by atoms with Crippen LogP contribution < -0.4 is 11.5 Å². The van der Waals surface area contributed by atoms with Crippen molar-refractivity contribution in [3.63, 3.8) is 0 Å². The van der Waals surface area contributed by atoms with Crippen molar-refractivity contribution in [3.05, 3.63) is 6.33 Å². The van der Waals surface area contributed by atoms with Crippen LogP contribution in [0.1, 0.15) is 12.5 Å². The second kappa shape index (κ2) is 3.79. The molecule has 3 rings (SSSR count). The number of anilines is 2. The fourth-order valence-corrected chi connectivity index (χ4v) is 2.37. The Hall–Kier alpha value is -1.93. The number of rotatable bonds is 2. The molecular formula is C10H14N6O2. The first kappa shape index (κ1) is 11.2. The molecule has 1 aliphatic rings. The highest BCUT2D eigenvalue weighted by Gasteiger charge is 2.41. The molecule has 2 aromatic heterocycles. The molecule has 0 bridgehead atoms. The molecule has 0 aliphatic heterocycles. The van der Waals surface area contributed by atoms with E-state index >= 15 is 0 Å². The molecule has 0 aromatic carbocycles. The molecule has 3 unspecified atom stereocenters. The summed E-state index contributed by atoms with van der Waals surface area (Å²) < 4.78 is 1.74. The number of hydrogen-bond donors (Lipinski definition) is 4. The lowest BCUT2D eigenvalue weighted by Gasteiger charge is -2.40. The van der Waals surface area contributed by atoms with Gasteiger partial charge >= 0.3 is 0 Å². The summed E-state index contributed by atoms with van der Waals surface area (Å²) in [6, 6.07) is -0.152. The second-order valence-corrected chi connectivity index (χ2v) is 4.53. The van der Waals surface area contributed by atoms with E-state index in [2.05, 4.69) is 15.0 Å². The number of nitrogen functional groups attached to an aromatic ring is 2. The van der Waals surface area contributed by atoms with E-state index in [4.69, 9.17) is 16.6 Å². The molecule has 0 spiro atoms. The molecule has 1 saturated carbocycles. The van der Waals surface area contributed by atoms with Gasteiger partial charge in [0, 0.05) is 12.5 Å². The van der Waals surface area contributed by atoms with E-state index in [0.29, 0.717) is 17.6 Å². The van der Waals surface area contributed by atoms with Crippen LogP contribution >= 0.6 is 0 Å². The van der Waals surface area contributed by atoms with E-state index in [1.807, 2.05) is 0 Å². The van der Waals surface area contributed by atoms with Crippen LogP contribution in [0.2, 0.25) is 0 Å². The van der Waals surface area contributed by atoms with Crippen molar-refractivity contribution >= 4 is 22.9 Å². The summed E-state index contributed by atoms with van der Waals surface area (Å²) in [6.07, 6.45) is 1.63. The third-order valence-electron chi connectivity index (χ3n) is 3.48. The maximum Gasteiger partial charge on any atom is 0.224 e. The summed E-state index contributed by atoms with van der Waals surface area (Å²) in [7, 11) is 0. The van der Waals surface area contributed by atoms with Crippen molar-refractivity contribution in [1.82, 2.24) is 19.5 Å². The van der Waals surface area contributed by atoms with Gasteiger partial charge in [0.2, 0.25) is 5.95 Å². The molecule has 3 atom stereocenters. The standard InChI is InChI=1S/C10H14N6O2/c11-8-6-9(15-10(12)14-8)16(3-13-6)5-1-4(2-17)7(5)18/h3-5,7,17-18H,1-2H2,(H4,11,12,14,15). The summed E-state index contributed by atoms with van der Waals surface area (Å²) in [5.41, 5.74) is 12.3. The summed E-state index contributed by atoms with van der Waals surface area (Å²) in [4.78, 5) is 12.1. The van der Waals surface area contributed by atoms with Gasteiger partial charge in [0.1, 0.15) is 5.52 Å². The number of imidazole rings is 1. The Morgan fingerprint density at radius 1 is 1.39 bits per heavy atom. The first-order chi connectivity index (χ1) is 8.61. The third kappa shape index (κ3) is 1.42. The Bertz CT molecular complexity index is 597. The Morgan fingerprint density at radius 2 is 2.17 bits per heavy atom. The van der Waals surface area contributed by atoms with E-state index in [9.17, 15) is 5.11 Å². The van der Waals surface area contributed by atoms with Crippen LogP contribution in [0, 0.1) is 5.92 Å². The maximum atomic E-state index is 9.92. The molecule has 1 aliphatic carbocycles. The fourth-order valence-electron chi connectivity index (χ4n) is 2.37. The van der Waals surface area contributed by atoms with Gasteiger partial charge in [-0.05, 0) is 6.42 Å². The number of aliphatic hydroxyl groups excluding tert-OH is 2. The van der Waals surface area contributed by atoms with Crippen LogP contribution in [-0.4, -0.2) is 42.4 Å². The third-order valence-corrected chi connectivity index (χ3v) is 3.48. The fraction of sp³-hybridized carbons (Fsp3) is 0.500. The molecule has 18 heavy (non-hydrogen) atoms. The Kier molecular flexibility index (Phi) is 2.35. The Morgan fingerprint density at radius 3 is 2.83 bits per heavy atom. The molecule has 1 fully saturated rings. The van der Waals surface area contributed by atoms with Crippen molar-refractivity contribution in [2.45, 2.75) is 18.6 Å². The first-order valence-corrected chi connectivity index (χ1v) is 5.66. The van der Waals surface area contributed by atoms with Crippen LogP contribution in [0.5, 0.6) is 0 Å². The lowest BCUT2D eigenvalue weighted by Crippen LogP contribution is -2.44. The van der Waals surface area contributed by atoms with Crippen molar-refractivity contribution in [3.8, 4) is 0 Å². The molecule has 96 valence electrons. The highest BCUT2D eigenvalue weighted by atomic mass is 16.3. The van der Waals surface area contributed by atoms with Gasteiger partial charge in [-0.2, -0.15) is 9.97 Å². The molecule has 0 radical (unpaired) electrons. The molecule has 6 N–H and O–H groups in total. The summed E-state index contributed by atoms with van der Waals surface area (Å²) in [6.45, 7) is -0.0242. The van der Waals surface area contributed by atoms with Gasteiger partial charge in [0.25, 0.3) is 0 Å². The van der Waals surface area contributed by atoms with E-state index in [1.165, 1.54) is 0 Å². The molecule has 2 aromatic rings. The quantitative estimate of drug-likeness (QED) is 0.531. The smallest absolute Gasteiger partial charge is 0.224 e. The predicted molar refractivity (Wildman–Crippen MR) is 64.4 cm³/mol. The predicted octanol–water partition coefficient (Wildman–Crippen LogP) is -1.10. The number of aromatic nitrogens is 4. The second-order valence-electron chi connectivity index (χ2n) is 4.53. The summed E-state index contributed by atoms with van der Waals surface area (Å²) in [5, 5.41) is 18.9. The van der Waals surface area contributed by atoms with Crippen molar-refractivity contribution in [2.75, 3.05) is 18.1 Å². The molecule has 8 nitrogen and oxygen atoms in total. The molecule has 2 heterocycles. The number of fused-ring (bicyclic) bond motifs is 1. The number of nitrogens with two attached hydrogens (primary N) is 2. The minimum Gasteiger partial charge on any atom is -0.396 e. The zero-order chi connectivity index (χ0) is 12.9. The van der Waals surface area contributed by atoms with Crippen molar-refractivity contribution in [1.29, 1.82) is 0 Å². The largest absolute Gasteiger partial charge is 0.396 e. The topological polar surface area (TPSA) is 136 Å². The lowest BCUT2D eigenvalue weighted by atomic mass is 9.77. The molecular weight excluding hydrogens is 236 g/mol. The Balaban J connectivity index is 2.04. The van der Waals surface area contributed by atoms with Crippen LogP contribution in [0.15, 0.2) is 6.33 Å². The number of aliphatic hydroxyl groups is 2. The minimum absolute atomic E-state index is 0.0242. The van der Waals surface area contributed by atoms with E-state index in [1.54, 1.807) is 10.9 Å². The van der Waals surface area contributed by atoms with Gasteiger partial charge < -0.3 is 26.2 Å². The highest BCUT2D eigenvalue weighted by Crippen LogP contribution is 2.39. The maximum absolute atomic E-state index is 9.92. The van der Waals surface area contributed by atoms with Gasteiger partial charge in [-0.25, -0.2) is 4.98 Å². The van der Waals surface area contributed by atoms with Gasteiger partial charge in [0.05, 0.1) is 18.5 Å². The van der Waals surface area contributed by atoms with Gasteiger partial charge in [-0.1, -0.05) is 0 Å². The van der Waals surface area contributed by atoms with Gasteiger partial charge in [-0.3, -0.25) is 0 Å². The average Bonchev–Trinajstić information content (AvgIpc) is 2.72. The first-order valence-electron chi connectivity index (χ1n) is 5.66. The van der Waals surface area contributed by atoms with Crippen LogP contribution in [0.3, 0.4) is 0 Å². The van der Waals surface area contributed by atoms with E-state index in [0.717, 1.165) is 0 Å². The summed E-state index contributed by atoms with van der Waals surface area (Å²) in [5.74, 6) is 0.210. The van der Waals surface area contributed by atoms with E-state index in [-0.39, 0.29) is 30.3 Å².